The van der Waals surface area contributed by atoms with Crippen LogP contribution in [0.25, 0.3) is 33.5 Å². The highest BCUT2D eigenvalue weighted by Crippen LogP contribution is 2.43. The normalized spacial score (nSPS) is 15.0. The van der Waals surface area contributed by atoms with Crippen LogP contribution in [0.4, 0.5) is 29.1 Å². The van der Waals surface area contributed by atoms with Gasteiger partial charge in [0.2, 0.25) is 0 Å². The van der Waals surface area contributed by atoms with E-state index in [0.717, 1.165) is 18.4 Å². The van der Waals surface area contributed by atoms with E-state index in [1.54, 1.807) is 13.1 Å². The molecule has 0 radical (unpaired) electrons. The molecule has 1 aliphatic rings. The average molecular weight is 501 g/mol. The molecule has 0 spiro atoms. The molecule has 11 heteroatoms. The summed E-state index contributed by atoms with van der Waals surface area (Å²) in [6, 6.07) is 8.66. The molecule has 188 valence electrons. The van der Waals surface area contributed by atoms with E-state index in [-0.39, 0.29) is 28.9 Å². The third kappa shape index (κ3) is 4.78. The fourth-order valence-electron chi connectivity index (χ4n) is 4.60. The lowest BCUT2D eigenvalue weighted by atomic mass is 9.97. The van der Waals surface area contributed by atoms with Crippen molar-refractivity contribution in [1.82, 2.24) is 15.0 Å². The van der Waals surface area contributed by atoms with Crippen molar-refractivity contribution in [2.75, 3.05) is 23.7 Å². The van der Waals surface area contributed by atoms with Gasteiger partial charge in [-0.25, -0.2) is 14.4 Å². The summed E-state index contributed by atoms with van der Waals surface area (Å²) < 4.78 is 56.5. The van der Waals surface area contributed by atoms with Gasteiger partial charge in [0.1, 0.15) is 23.2 Å². The highest BCUT2D eigenvalue weighted by Gasteiger charge is 2.31. The summed E-state index contributed by atoms with van der Waals surface area (Å²) >= 11 is 0. The van der Waals surface area contributed by atoms with E-state index in [4.69, 9.17) is 11.5 Å². The number of aromatic nitrogens is 3. The first-order valence-electron chi connectivity index (χ1n) is 11.4. The largest absolute Gasteiger partial charge is 0.573 e. The van der Waals surface area contributed by atoms with Crippen LogP contribution in [0.5, 0.6) is 5.75 Å². The monoisotopic (exact) mass is 500 g/mol. The third-order valence-corrected chi connectivity index (χ3v) is 6.21. The number of imidazole rings is 1. The highest BCUT2D eigenvalue weighted by atomic mass is 19.4. The number of ether oxygens (including phenoxy) is 1. The fourth-order valence-corrected chi connectivity index (χ4v) is 4.60. The zero-order valence-corrected chi connectivity index (χ0v) is 19.4. The van der Waals surface area contributed by atoms with Crippen LogP contribution in [-0.2, 0) is 0 Å². The first-order valence-corrected chi connectivity index (χ1v) is 11.4. The summed E-state index contributed by atoms with van der Waals surface area (Å²) in [5.74, 6) is -0.245. The van der Waals surface area contributed by atoms with Crippen LogP contribution in [-0.4, -0.2) is 40.4 Å². The molecule has 0 atom stereocenters. The first-order chi connectivity index (χ1) is 17.1. The summed E-state index contributed by atoms with van der Waals surface area (Å²) in [4.78, 5) is 14.2. The van der Waals surface area contributed by atoms with Crippen LogP contribution in [0.1, 0.15) is 18.4 Å². The lowest BCUT2D eigenvalue weighted by Gasteiger charge is -2.34. The number of nitrogens with two attached hydrogens (primary N) is 2. The Hall–Kier alpha value is -3.86. The maximum absolute atomic E-state index is 14.4. The minimum atomic E-state index is -4.82. The van der Waals surface area contributed by atoms with Crippen molar-refractivity contribution in [3.05, 3.63) is 54.0 Å². The molecule has 36 heavy (non-hydrogen) atoms. The molecule has 1 saturated heterocycles. The molecule has 5 rings (SSSR count). The van der Waals surface area contributed by atoms with Crippen LogP contribution in [0.3, 0.4) is 0 Å². The zero-order chi connectivity index (χ0) is 25.6. The number of rotatable bonds is 4. The quantitative estimate of drug-likeness (QED) is 0.335. The molecular formula is C25H24F4N6O. The van der Waals surface area contributed by atoms with Crippen molar-refractivity contribution in [2.45, 2.75) is 32.2 Å². The van der Waals surface area contributed by atoms with Crippen LogP contribution < -0.4 is 21.1 Å². The molecule has 4 aromatic rings. The van der Waals surface area contributed by atoms with Gasteiger partial charge in [0.15, 0.2) is 0 Å². The van der Waals surface area contributed by atoms with E-state index in [1.807, 2.05) is 6.07 Å². The molecule has 5 N–H and O–H groups in total. The van der Waals surface area contributed by atoms with Crippen LogP contribution in [0.2, 0.25) is 0 Å². The molecular weight excluding hydrogens is 476 g/mol. The minimum Gasteiger partial charge on any atom is -0.406 e. The van der Waals surface area contributed by atoms with Crippen molar-refractivity contribution in [3.8, 4) is 28.3 Å². The number of H-pyrrole nitrogens is 1. The van der Waals surface area contributed by atoms with Gasteiger partial charge in [-0.1, -0.05) is 6.07 Å². The number of piperidine rings is 1. The topological polar surface area (TPSA) is 106 Å². The highest BCUT2D eigenvalue weighted by molar-refractivity contribution is 5.95. The predicted molar refractivity (Wildman–Crippen MR) is 130 cm³/mol. The fraction of sp³-hybridized carbons (Fsp3) is 0.280. The number of pyridine rings is 1. The van der Waals surface area contributed by atoms with Gasteiger partial charge in [-0.05, 0) is 55.2 Å². The van der Waals surface area contributed by atoms with Crippen molar-refractivity contribution in [3.63, 3.8) is 0 Å². The second-order valence-corrected chi connectivity index (χ2v) is 8.93. The van der Waals surface area contributed by atoms with Gasteiger partial charge in [0.25, 0.3) is 0 Å². The number of fused-ring (bicyclic) bond motifs is 1. The van der Waals surface area contributed by atoms with Gasteiger partial charge in [-0.2, -0.15) is 0 Å². The number of hydrogen-bond acceptors (Lipinski definition) is 6. The molecule has 0 aliphatic carbocycles. The molecule has 1 fully saturated rings. The maximum atomic E-state index is 14.4. The van der Waals surface area contributed by atoms with Crippen LogP contribution in [0, 0.1) is 12.7 Å². The average Bonchev–Trinajstić information content (AvgIpc) is 3.20. The van der Waals surface area contributed by atoms with Crippen molar-refractivity contribution in [2.24, 2.45) is 5.73 Å². The number of anilines is 2. The number of nitrogen functional groups attached to an aromatic ring is 1. The summed E-state index contributed by atoms with van der Waals surface area (Å²) in [5, 5.41) is 0. The van der Waals surface area contributed by atoms with Gasteiger partial charge >= 0.3 is 6.36 Å². The number of alkyl halides is 3. The standard InChI is InChI=1S/C25H24F4N6O/c1-13-8-14(10-15(26)9-13)18-12-32-23(31)21(22(18)35-6-4-16(30)5-7-35)24-33-19-3-2-17(11-20(19)34-24)36-25(27,28)29/h2-3,8-12,16H,4-7,30H2,1H3,(H2,31,32)(H,33,34). The number of aryl methyl sites for hydroxylation is 1. The zero-order valence-electron chi connectivity index (χ0n) is 19.4. The number of hydrogen-bond donors (Lipinski definition) is 3. The van der Waals surface area contributed by atoms with E-state index in [2.05, 4.69) is 24.6 Å². The molecule has 0 saturated carbocycles. The summed E-state index contributed by atoms with van der Waals surface area (Å²) in [5.41, 5.74) is 16.5. The van der Waals surface area contributed by atoms with Crippen LogP contribution in [0.15, 0.2) is 42.6 Å². The summed E-state index contributed by atoms with van der Waals surface area (Å²) in [7, 11) is 0. The Morgan fingerprint density at radius 3 is 2.56 bits per heavy atom. The second-order valence-electron chi connectivity index (χ2n) is 8.93. The number of nitrogens with zero attached hydrogens (tertiary/aromatic N) is 3. The smallest absolute Gasteiger partial charge is 0.406 e. The molecule has 2 aromatic heterocycles. The van der Waals surface area contributed by atoms with Gasteiger partial charge in [0.05, 0.1) is 22.3 Å². The lowest BCUT2D eigenvalue weighted by molar-refractivity contribution is -0.274. The predicted octanol–water partition coefficient (Wildman–Crippen LogP) is 5.15. The Kier molecular flexibility index (Phi) is 5.95. The van der Waals surface area contributed by atoms with E-state index >= 15 is 0 Å². The molecule has 3 heterocycles. The molecule has 7 nitrogen and oxygen atoms in total. The van der Waals surface area contributed by atoms with Crippen LogP contribution >= 0.6 is 0 Å². The number of halogens is 4. The Balaban J connectivity index is 1.69. The Morgan fingerprint density at radius 2 is 1.86 bits per heavy atom. The molecule has 0 unspecified atom stereocenters. The van der Waals surface area contributed by atoms with E-state index in [9.17, 15) is 17.6 Å². The molecule has 0 bridgehead atoms. The Morgan fingerprint density at radius 1 is 1.11 bits per heavy atom. The van der Waals surface area contributed by atoms with E-state index in [1.165, 1.54) is 30.3 Å². The minimum absolute atomic E-state index is 0.0713. The van der Waals surface area contributed by atoms with E-state index in [0.29, 0.717) is 46.8 Å². The van der Waals surface area contributed by atoms with Crippen molar-refractivity contribution < 1.29 is 22.3 Å². The molecule has 1 aliphatic heterocycles. The van der Waals surface area contributed by atoms with Gasteiger partial charge in [-0.3, -0.25) is 0 Å². The van der Waals surface area contributed by atoms with E-state index < -0.39 is 6.36 Å². The summed E-state index contributed by atoms with van der Waals surface area (Å²) in [6.45, 7) is 3.09. The second kappa shape index (κ2) is 8.98. The van der Waals surface area contributed by atoms with Crippen molar-refractivity contribution in [1.29, 1.82) is 0 Å². The van der Waals surface area contributed by atoms with Gasteiger partial charge in [0, 0.05) is 37.0 Å². The number of nitrogens with one attached hydrogen (secondary N) is 1. The maximum Gasteiger partial charge on any atom is 0.573 e. The SMILES string of the molecule is Cc1cc(F)cc(-c2cnc(N)c(-c3nc4cc(OC(F)(F)F)ccc4[nH]3)c2N2CCC(N)CC2)c1. The lowest BCUT2D eigenvalue weighted by Crippen LogP contribution is -2.40. The third-order valence-electron chi connectivity index (χ3n) is 6.21. The van der Waals surface area contributed by atoms with Gasteiger partial charge < -0.3 is 26.1 Å². The molecule has 2 aromatic carbocycles. The first kappa shape index (κ1) is 23.9. The Bertz CT molecular complexity index is 1410. The Labute approximate surface area is 204 Å². The van der Waals surface area contributed by atoms with Gasteiger partial charge in [-0.15, -0.1) is 13.2 Å². The number of benzene rings is 2. The molecule has 0 amide bonds. The van der Waals surface area contributed by atoms with Crippen molar-refractivity contribution >= 4 is 22.5 Å². The summed E-state index contributed by atoms with van der Waals surface area (Å²) in [6.07, 6.45) is -1.71. The number of aromatic amines is 1.